The molecule has 0 saturated heterocycles. The highest BCUT2D eigenvalue weighted by atomic mass is 28.3. The van der Waals surface area contributed by atoms with Crippen LogP contribution in [0.25, 0.3) is 68.6 Å². The van der Waals surface area contributed by atoms with E-state index in [2.05, 4.69) is 70.7 Å². The van der Waals surface area contributed by atoms with E-state index in [4.69, 9.17) is 4.74 Å². The fourth-order valence-corrected chi connectivity index (χ4v) is 7.93. The van der Waals surface area contributed by atoms with E-state index in [1.165, 1.54) is 60.7 Å². The van der Waals surface area contributed by atoms with Crippen molar-refractivity contribution in [3.05, 3.63) is 118 Å². The number of fused-ring (bicyclic) bond motifs is 8. The number of H-pyrrole nitrogens is 2. The summed E-state index contributed by atoms with van der Waals surface area (Å²) in [7, 11) is -3.17. The minimum atomic E-state index is -4.87. The number of alkyl halides is 6. The van der Waals surface area contributed by atoms with Crippen LogP contribution in [0.15, 0.2) is 72.8 Å². The number of nitrogens with one attached hydrogen (secondary N) is 2. The largest absolute Gasteiger partial charge is 0.462 e. The highest BCUT2D eigenvalue weighted by Crippen LogP contribution is 2.41. The Labute approximate surface area is 339 Å². The molecule has 0 radical (unpaired) electrons. The lowest BCUT2D eigenvalue weighted by molar-refractivity contribution is -0.137. The molecule has 0 aliphatic carbocycles. The van der Waals surface area contributed by atoms with Gasteiger partial charge in [-0.2, -0.15) is 26.3 Å². The maximum atomic E-state index is 15.1. The third-order valence-corrected chi connectivity index (χ3v) is 12.1. The molecule has 3 aromatic heterocycles. The summed E-state index contributed by atoms with van der Waals surface area (Å²) in [4.78, 5) is 27.6. The summed E-state index contributed by atoms with van der Waals surface area (Å²) in [6.45, 7) is 13.1. The number of rotatable bonds is 6. The van der Waals surface area contributed by atoms with Crippen LogP contribution in [0.3, 0.4) is 0 Å². The molecular weight excluding hydrogens is 799 g/mol. The molecule has 59 heavy (non-hydrogen) atoms. The normalized spacial score (nSPS) is 13.0. The Bertz CT molecular complexity index is 2640. The number of nitrogens with zero attached hydrogens (tertiary/aromatic N) is 2. The highest BCUT2D eigenvalue weighted by molar-refractivity contribution is 6.83. The molecule has 5 heterocycles. The quantitative estimate of drug-likeness (QED) is 0.0756. The van der Waals surface area contributed by atoms with Crippen molar-refractivity contribution in [1.29, 1.82) is 0 Å². The molecular formula is C45H40F6N4O2Si2. The van der Waals surface area contributed by atoms with Crippen molar-refractivity contribution in [2.24, 2.45) is 0 Å². The van der Waals surface area contributed by atoms with Crippen LogP contribution in [0.2, 0.25) is 45.3 Å². The number of hydrogen-bond acceptors (Lipinski definition) is 4. The van der Waals surface area contributed by atoms with Gasteiger partial charge >= 0.3 is 18.3 Å². The van der Waals surface area contributed by atoms with E-state index >= 15 is 26.3 Å². The van der Waals surface area contributed by atoms with Crippen LogP contribution in [0.4, 0.5) is 26.3 Å². The van der Waals surface area contributed by atoms with Crippen molar-refractivity contribution in [2.75, 3.05) is 6.61 Å². The van der Waals surface area contributed by atoms with Gasteiger partial charge in [-0.05, 0) is 90.0 Å². The van der Waals surface area contributed by atoms with E-state index in [9.17, 15) is 4.79 Å². The summed E-state index contributed by atoms with van der Waals surface area (Å²) < 4.78 is 96.1. The Morgan fingerprint density at radius 3 is 1.51 bits per heavy atom. The molecule has 0 atom stereocenters. The zero-order valence-electron chi connectivity index (χ0n) is 33.1. The molecule has 0 amide bonds. The van der Waals surface area contributed by atoms with Crippen LogP contribution >= 0.6 is 0 Å². The Morgan fingerprint density at radius 1 is 0.610 bits per heavy atom. The number of aromatic nitrogens is 4. The van der Waals surface area contributed by atoms with Crippen LogP contribution in [-0.4, -0.2) is 48.7 Å². The van der Waals surface area contributed by atoms with Crippen LogP contribution in [-0.2, 0) is 17.1 Å². The van der Waals surface area contributed by atoms with Gasteiger partial charge in [0, 0.05) is 35.8 Å². The molecule has 0 spiro atoms. The standard InChI is InChI=1S/C45H40F6N4O2Si2/c1-58(2,3)25-23-27-7-9-28(10-8-27)39-31-15-19-35(52-31)41(44(46,47)48)37-21-17-33(54-37)40(29-11-13-30(14-12-29)43(56)57-24-26-59(4,5)6)34-18-22-38(55-34)42(45(49,50)51)36-20-16-32(39)53-36/h7-22,54-55H,24,26H2,1-6H3. The van der Waals surface area contributed by atoms with Crippen molar-refractivity contribution in [3.8, 4) is 33.7 Å². The first-order valence-corrected chi connectivity index (χ1v) is 26.1. The van der Waals surface area contributed by atoms with Crippen molar-refractivity contribution >= 4 is 68.5 Å². The monoisotopic (exact) mass is 838 g/mol. The van der Waals surface area contributed by atoms with Crippen LogP contribution in [0.5, 0.6) is 0 Å². The Morgan fingerprint density at radius 2 is 1.05 bits per heavy atom. The molecule has 2 N–H and O–H groups in total. The molecule has 2 aliphatic heterocycles. The van der Waals surface area contributed by atoms with E-state index in [1.54, 1.807) is 36.4 Å². The fraction of sp³-hybridized carbons (Fsp3) is 0.222. The first-order valence-electron chi connectivity index (χ1n) is 18.9. The van der Waals surface area contributed by atoms with Crippen LogP contribution in [0, 0.1) is 11.5 Å². The molecule has 8 bridgehead atoms. The lowest BCUT2D eigenvalue weighted by atomic mass is 10.0. The van der Waals surface area contributed by atoms with Crippen molar-refractivity contribution < 1.29 is 35.9 Å². The molecule has 7 rings (SSSR count). The maximum absolute atomic E-state index is 15.1. The second-order valence-corrected chi connectivity index (χ2v) is 27.0. The van der Waals surface area contributed by atoms with Gasteiger partial charge in [-0.1, -0.05) is 69.5 Å². The van der Waals surface area contributed by atoms with Gasteiger partial charge in [0.05, 0.1) is 46.0 Å². The first kappa shape index (κ1) is 41.3. The maximum Gasteiger partial charge on any atom is 0.420 e. The van der Waals surface area contributed by atoms with Gasteiger partial charge in [-0.25, -0.2) is 14.8 Å². The number of hydrogen-bond donors (Lipinski definition) is 2. The smallest absolute Gasteiger partial charge is 0.420 e. The number of halogens is 6. The Balaban J connectivity index is 1.50. The second kappa shape index (κ2) is 15.4. The highest BCUT2D eigenvalue weighted by Gasteiger charge is 2.38. The zero-order valence-corrected chi connectivity index (χ0v) is 35.1. The van der Waals surface area contributed by atoms with E-state index in [-0.39, 0.29) is 56.8 Å². The van der Waals surface area contributed by atoms with Crippen LogP contribution in [0.1, 0.15) is 49.8 Å². The van der Waals surface area contributed by atoms with Gasteiger partial charge in [0.1, 0.15) is 19.2 Å². The SMILES string of the molecule is C[Si](C)(C)C#Cc1ccc(-c2c3nc(c(C(F)(F)F)c4ccc([nH]4)c(-c4ccc(C(=O)OCC[Si](C)(C)C)cc4)c4ccc([nH]4)c(C(F)(F)F)c4nc2C=C4)C=C3)cc1. The Kier molecular flexibility index (Phi) is 10.7. The predicted molar refractivity (Wildman–Crippen MR) is 228 cm³/mol. The van der Waals surface area contributed by atoms with Gasteiger partial charge in [0.2, 0.25) is 0 Å². The molecule has 0 unspecified atom stereocenters. The van der Waals surface area contributed by atoms with Crippen molar-refractivity contribution in [3.63, 3.8) is 0 Å². The first-order chi connectivity index (χ1) is 27.6. The van der Waals surface area contributed by atoms with E-state index in [0.717, 1.165) is 6.04 Å². The van der Waals surface area contributed by atoms with Gasteiger partial charge in [-0.15, -0.1) is 5.54 Å². The molecule has 2 aliphatic rings. The summed E-state index contributed by atoms with van der Waals surface area (Å²) >= 11 is 0. The summed E-state index contributed by atoms with van der Waals surface area (Å²) in [5.74, 6) is 2.62. The van der Waals surface area contributed by atoms with Crippen LogP contribution < -0.4 is 0 Å². The minimum absolute atomic E-state index is 0.0910. The van der Waals surface area contributed by atoms with E-state index in [1.807, 2.05) is 0 Å². The van der Waals surface area contributed by atoms with Gasteiger partial charge in [0.15, 0.2) is 0 Å². The molecule has 2 aromatic carbocycles. The summed E-state index contributed by atoms with van der Waals surface area (Å²) in [5, 5.41) is 0. The Hall–Kier alpha value is -5.92. The number of esters is 1. The fourth-order valence-electron chi connectivity index (χ4n) is 6.70. The molecule has 14 heteroatoms. The second-order valence-electron chi connectivity index (χ2n) is 16.6. The number of ether oxygens (including phenoxy) is 1. The average Bonchev–Trinajstić information content (AvgIpc) is 3.97. The topological polar surface area (TPSA) is 83.7 Å². The number of benzene rings is 2. The lowest BCUT2D eigenvalue weighted by Gasteiger charge is -2.15. The van der Waals surface area contributed by atoms with E-state index < -0.39 is 57.0 Å². The van der Waals surface area contributed by atoms with Crippen molar-refractivity contribution in [2.45, 2.75) is 57.7 Å². The zero-order chi connectivity index (χ0) is 42.5. The average molecular weight is 839 g/mol. The molecule has 0 fully saturated rings. The summed E-state index contributed by atoms with van der Waals surface area (Å²) in [5.41, 5.74) is 2.71. The number of carbonyl (C=O) groups is 1. The molecule has 0 saturated carbocycles. The predicted octanol–water partition coefficient (Wildman–Crippen LogP) is 12.8. The minimum Gasteiger partial charge on any atom is -0.462 e. The lowest BCUT2D eigenvalue weighted by Crippen LogP contribution is -2.22. The third-order valence-electron chi connectivity index (χ3n) is 9.57. The number of carbonyl (C=O) groups excluding carboxylic acids is 1. The van der Waals surface area contributed by atoms with Gasteiger partial charge in [-0.3, -0.25) is 0 Å². The third kappa shape index (κ3) is 9.21. The van der Waals surface area contributed by atoms with Gasteiger partial charge < -0.3 is 14.7 Å². The molecule has 302 valence electrons. The van der Waals surface area contributed by atoms with Gasteiger partial charge in [0.25, 0.3) is 0 Å². The summed E-state index contributed by atoms with van der Waals surface area (Å²) in [6.07, 6.45) is -4.45. The molecule has 5 aromatic rings. The van der Waals surface area contributed by atoms with E-state index in [0.29, 0.717) is 16.7 Å². The molecule has 6 nitrogen and oxygen atoms in total. The summed E-state index contributed by atoms with van der Waals surface area (Å²) in [6, 6.07) is 19.3. The van der Waals surface area contributed by atoms with Crippen molar-refractivity contribution in [1.82, 2.24) is 19.9 Å². The number of aromatic amines is 2.